The number of nitrogen functional groups attached to an aromatic ring is 1. The number of nitrogens with two attached hydrogens (primary N) is 1. The summed E-state index contributed by atoms with van der Waals surface area (Å²) in [5, 5.41) is 12.0. The Hall–Kier alpha value is -1.31. The van der Waals surface area contributed by atoms with Gasteiger partial charge in [0.15, 0.2) is 0 Å². The van der Waals surface area contributed by atoms with Crippen molar-refractivity contribution in [2.45, 2.75) is 17.9 Å². The van der Waals surface area contributed by atoms with Gasteiger partial charge in [0.1, 0.15) is 0 Å². The lowest BCUT2D eigenvalue weighted by atomic mass is 10.2. The first-order valence-corrected chi connectivity index (χ1v) is 6.60. The average Bonchev–Trinajstić information content (AvgIpc) is 2.27. The molecule has 7 heteroatoms. The fraction of sp³-hybridized carbons (Fsp3) is 0.400. The number of aliphatic hydroxyl groups excluding tert-OH is 1. The highest BCUT2D eigenvalue weighted by Gasteiger charge is 2.12. The lowest BCUT2D eigenvalue weighted by Gasteiger charge is -2.12. The van der Waals surface area contributed by atoms with E-state index >= 15 is 0 Å². The SMILES string of the molecule is CNS(=O)(=O)c1ccc(NCC(C)O)c(N)c1. The van der Waals surface area contributed by atoms with E-state index in [0.29, 0.717) is 17.9 Å². The van der Waals surface area contributed by atoms with E-state index in [9.17, 15) is 8.42 Å². The number of sulfonamides is 1. The summed E-state index contributed by atoms with van der Waals surface area (Å²) in [5.74, 6) is 0. The van der Waals surface area contributed by atoms with E-state index in [1.165, 1.54) is 19.2 Å². The maximum atomic E-state index is 11.5. The van der Waals surface area contributed by atoms with E-state index in [4.69, 9.17) is 10.8 Å². The molecule has 0 aromatic heterocycles. The van der Waals surface area contributed by atoms with Crippen molar-refractivity contribution in [3.8, 4) is 0 Å². The van der Waals surface area contributed by atoms with Crippen molar-refractivity contribution < 1.29 is 13.5 Å². The quantitative estimate of drug-likeness (QED) is 0.556. The molecule has 0 bridgehead atoms. The van der Waals surface area contributed by atoms with Crippen LogP contribution in [0, 0.1) is 0 Å². The molecule has 5 N–H and O–H groups in total. The second-order valence-corrected chi connectivity index (χ2v) is 5.57. The largest absolute Gasteiger partial charge is 0.397 e. The van der Waals surface area contributed by atoms with Crippen molar-refractivity contribution in [2.75, 3.05) is 24.6 Å². The van der Waals surface area contributed by atoms with Crippen LogP contribution >= 0.6 is 0 Å². The number of hydrogen-bond donors (Lipinski definition) is 4. The molecule has 0 aliphatic rings. The van der Waals surface area contributed by atoms with Gasteiger partial charge in [0.05, 0.1) is 22.4 Å². The van der Waals surface area contributed by atoms with Crippen molar-refractivity contribution in [3.63, 3.8) is 0 Å². The number of anilines is 2. The monoisotopic (exact) mass is 259 g/mol. The highest BCUT2D eigenvalue weighted by Crippen LogP contribution is 2.22. The Bertz CT molecular complexity index is 486. The predicted octanol–water partition coefficient (Wildman–Crippen LogP) is -0.0304. The second-order valence-electron chi connectivity index (χ2n) is 3.69. The Morgan fingerprint density at radius 1 is 1.47 bits per heavy atom. The summed E-state index contributed by atoms with van der Waals surface area (Å²) in [6.07, 6.45) is -0.505. The van der Waals surface area contributed by atoms with Crippen molar-refractivity contribution >= 4 is 21.4 Å². The molecule has 0 saturated carbocycles. The summed E-state index contributed by atoms with van der Waals surface area (Å²) in [6.45, 7) is 1.99. The molecule has 0 heterocycles. The van der Waals surface area contributed by atoms with Gasteiger partial charge in [-0.3, -0.25) is 0 Å². The molecule has 1 unspecified atom stereocenters. The average molecular weight is 259 g/mol. The number of rotatable bonds is 5. The third-order valence-electron chi connectivity index (χ3n) is 2.19. The fourth-order valence-corrected chi connectivity index (χ4v) is 2.01. The van der Waals surface area contributed by atoms with Crippen molar-refractivity contribution in [1.82, 2.24) is 4.72 Å². The molecule has 0 aliphatic heterocycles. The summed E-state index contributed by atoms with van der Waals surface area (Å²) < 4.78 is 25.2. The van der Waals surface area contributed by atoms with Gasteiger partial charge in [-0.2, -0.15) is 0 Å². The fourth-order valence-electron chi connectivity index (χ4n) is 1.24. The van der Waals surface area contributed by atoms with Gasteiger partial charge in [0, 0.05) is 6.54 Å². The van der Waals surface area contributed by atoms with E-state index in [1.54, 1.807) is 13.0 Å². The minimum Gasteiger partial charge on any atom is -0.397 e. The standard InChI is InChI=1S/C10H17N3O3S/c1-7(14)6-13-10-4-3-8(5-9(10)11)17(15,16)12-2/h3-5,7,12-14H,6,11H2,1-2H3. The Labute approximate surface area is 101 Å². The summed E-state index contributed by atoms with van der Waals surface area (Å²) in [4.78, 5) is 0.111. The number of aliphatic hydroxyl groups is 1. The lowest BCUT2D eigenvalue weighted by Crippen LogP contribution is -2.19. The molecule has 0 spiro atoms. The van der Waals surface area contributed by atoms with E-state index in [2.05, 4.69) is 10.0 Å². The number of hydrogen-bond acceptors (Lipinski definition) is 5. The zero-order chi connectivity index (χ0) is 13.1. The van der Waals surface area contributed by atoms with Crippen LogP contribution in [0.3, 0.4) is 0 Å². The van der Waals surface area contributed by atoms with E-state index < -0.39 is 16.1 Å². The van der Waals surface area contributed by atoms with Crippen LogP contribution in [0.25, 0.3) is 0 Å². The van der Waals surface area contributed by atoms with E-state index in [1.807, 2.05) is 0 Å². The maximum absolute atomic E-state index is 11.5. The molecule has 6 nitrogen and oxygen atoms in total. The van der Waals surface area contributed by atoms with Crippen molar-refractivity contribution in [1.29, 1.82) is 0 Å². The van der Waals surface area contributed by atoms with Crippen molar-refractivity contribution in [3.05, 3.63) is 18.2 Å². The third-order valence-corrected chi connectivity index (χ3v) is 3.60. The van der Waals surface area contributed by atoms with Crippen LogP contribution in [0.5, 0.6) is 0 Å². The highest BCUT2D eigenvalue weighted by molar-refractivity contribution is 7.89. The molecule has 1 aromatic carbocycles. The molecule has 0 saturated heterocycles. The van der Waals surface area contributed by atoms with Crippen LogP contribution in [0.4, 0.5) is 11.4 Å². The first kappa shape index (κ1) is 13.8. The third kappa shape index (κ3) is 3.58. The summed E-state index contributed by atoms with van der Waals surface area (Å²) in [6, 6.07) is 4.39. The van der Waals surface area contributed by atoms with Crippen molar-refractivity contribution in [2.24, 2.45) is 0 Å². The molecule has 1 aromatic rings. The second kappa shape index (κ2) is 5.35. The van der Waals surface area contributed by atoms with Gasteiger partial charge in [-0.1, -0.05) is 0 Å². The summed E-state index contributed by atoms with van der Waals surface area (Å²) in [5.41, 5.74) is 6.64. The molecule has 1 atom stereocenters. The number of nitrogens with one attached hydrogen (secondary N) is 2. The van der Waals surface area contributed by atoms with E-state index in [-0.39, 0.29) is 4.90 Å². The van der Waals surface area contributed by atoms with E-state index in [0.717, 1.165) is 0 Å². The van der Waals surface area contributed by atoms with Gasteiger partial charge < -0.3 is 16.2 Å². The lowest BCUT2D eigenvalue weighted by molar-refractivity contribution is 0.208. The Kier molecular flexibility index (Phi) is 4.33. The molecule has 17 heavy (non-hydrogen) atoms. The summed E-state index contributed by atoms with van der Waals surface area (Å²) >= 11 is 0. The van der Waals surface area contributed by atoms with Crippen LogP contribution in [0.2, 0.25) is 0 Å². The minimum atomic E-state index is -3.48. The van der Waals surface area contributed by atoms with Gasteiger partial charge in [0.2, 0.25) is 10.0 Å². The maximum Gasteiger partial charge on any atom is 0.240 e. The Morgan fingerprint density at radius 2 is 2.12 bits per heavy atom. The molecular formula is C10H17N3O3S. The first-order valence-electron chi connectivity index (χ1n) is 5.12. The zero-order valence-corrected chi connectivity index (χ0v) is 10.6. The molecule has 1 rings (SSSR count). The van der Waals surface area contributed by atoms with Gasteiger partial charge >= 0.3 is 0 Å². The molecule has 0 aliphatic carbocycles. The van der Waals surface area contributed by atoms with Gasteiger partial charge in [-0.15, -0.1) is 0 Å². The molecular weight excluding hydrogens is 242 g/mol. The normalized spacial score (nSPS) is 13.4. The van der Waals surface area contributed by atoms with Crippen LogP contribution < -0.4 is 15.8 Å². The van der Waals surface area contributed by atoms with Gasteiger partial charge in [-0.25, -0.2) is 13.1 Å². The van der Waals surface area contributed by atoms with Crippen LogP contribution in [0.1, 0.15) is 6.92 Å². The first-order chi connectivity index (χ1) is 7.86. The Morgan fingerprint density at radius 3 is 2.59 bits per heavy atom. The smallest absolute Gasteiger partial charge is 0.240 e. The molecule has 0 radical (unpaired) electrons. The van der Waals surface area contributed by atoms with Crippen LogP contribution in [-0.4, -0.2) is 33.2 Å². The molecule has 96 valence electrons. The minimum absolute atomic E-state index is 0.111. The number of benzene rings is 1. The Balaban J connectivity index is 2.94. The topological polar surface area (TPSA) is 104 Å². The van der Waals surface area contributed by atoms with Gasteiger partial charge in [0.25, 0.3) is 0 Å². The highest BCUT2D eigenvalue weighted by atomic mass is 32.2. The predicted molar refractivity (Wildman–Crippen MR) is 67.3 cm³/mol. The molecule has 0 amide bonds. The summed E-state index contributed by atoms with van der Waals surface area (Å²) in [7, 11) is -2.14. The van der Waals surface area contributed by atoms with Gasteiger partial charge in [-0.05, 0) is 32.2 Å². The van der Waals surface area contributed by atoms with Crippen LogP contribution in [-0.2, 0) is 10.0 Å². The van der Waals surface area contributed by atoms with Crippen LogP contribution in [0.15, 0.2) is 23.1 Å². The zero-order valence-electron chi connectivity index (χ0n) is 9.77. The molecule has 0 fully saturated rings.